The first-order chi connectivity index (χ1) is 10.0. The number of hydrogen-bond acceptors (Lipinski definition) is 3. The Labute approximate surface area is 121 Å². The number of aliphatic carboxylic acids is 1. The molecule has 0 bridgehead atoms. The molecule has 21 heavy (non-hydrogen) atoms. The van der Waals surface area contributed by atoms with Crippen molar-refractivity contribution >= 4 is 22.8 Å². The van der Waals surface area contributed by atoms with Gasteiger partial charge >= 0.3 is 5.97 Å². The lowest BCUT2D eigenvalue weighted by molar-refractivity contribution is -0.150. The number of fused-ring (bicyclic) bond motifs is 3. The van der Waals surface area contributed by atoms with E-state index in [0.717, 1.165) is 16.5 Å². The minimum atomic E-state index is -1.03. The molecule has 1 aliphatic heterocycles. The van der Waals surface area contributed by atoms with Crippen LogP contribution in [0, 0.1) is 0 Å². The predicted molar refractivity (Wildman–Crippen MR) is 76.3 cm³/mol. The van der Waals surface area contributed by atoms with Crippen LogP contribution in [0.4, 0.5) is 0 Å². The molecule has 0 radical (unpaired) electrons. The lowest BCUT2D eigenvalue weighted by Gasteiger charge is -2.32. The number of nitrogens with zero attached hydrogens (tertiary/aromatic N) is 1. The van der Waals surface area contributed by atoms with E-state index in [2.05, 4.69) is 4.98 Å². The molecule has 0 aliphatic carbocycles. The number of H-pyrrole nitrogens is 1. The van der Waals surface area contributed by atoms with Crippen molar-refractivity contribution in [2.45, 2.75) is 19.4 Å². The van der Waals surface area contributed by atoms with Gasteiger partial charge in [-0.3, -0.25) is 4.79 Å². The van der Waals surface area contributed by atoms with E-state index in [-0.39, 0.29) is 5.91 Å². The Morgan fingerprint density at radius 1 is 1.43 bits per heavy atom. The fraction of sp³-hybridized carbons (Fsp3) is 0.333. The maximum atomic E-state index is 11.7. The number of amides is 1. The summed E-state index contributed by atoms with van der Waals surface area (Å²) in [6.07, 6.45) is 0.631. The highest BCUT2D eigenvalue weighted by Gasteiger charge is 2.37. The van der Waals surface area contributed by atoms with Gasteiger partial charge in [0.1, 0.15) is 5.75 Å². The molecular weight excluding hydrogens is 272 g/mol. The van der Waals surface area contributed by atoms with Crippen LogP contribution >= 0.6 is 0 Å². The second-order valence-electron chi connectivity index (χ2n) is 5.10. The molecule has 2 aromatic rings. The first kappa shape index (κ1) is 13.5. The van der Waals surface area contributed by atoms with E-state index in [1.54, 1.807) is 7.11 Å². The second-order valence-corrected chi connectivity index (χ2v) is 5.10. The highest BCUT2D eigenvalue weighted by Crippen LogP contribution is 2.37. The van der Waals surface area contributed by atoms with Gasteiger partial charge in [-0.15, -0.1) is 0 Å². The number of benzene rings is 1. The van der Waals surface area contributed by atoms with Gasteiger partial charge < -0.3 is 19.7 Å². The van der Waals surface area contributed by atoms with Crippen LogP contribution < -0.4 is 4.74 Å². The summed E-state index contributed by atoms with van der Waals surface area (Å²) < 4.78 is 5.32. The van der Waals surface area contributed by atoms with Gasteiger partial charge in [0.15, 0.2) is 6.04 Å². The number of rotatable bonds is 2. The molecular formula is C15H16N2O4. The standard InChI is InChI=1S/C15H16N2O4/c1-8(18)17-7-6-10-9-4-3-5-11(21-2)12(9)16-13(10)14(17)15(19)20/h3-5,14,16H,6-7H2,1-2H3,(H,19,20). The number of hydrogen-bond donors (Lipinski definition) is 2. The molecule has 1 amide bonds. The van der Waals surface area contributed by atoms with Crippen molar-refractivity contribution in [3.63, 3.8) is 0 Å². The molecule has 2 N–H and O–H groups in total. The van der Waals surface area contributed by atoms with Crippen molar-refractivity contribution < 1.29 is 19.4 Å². The summed E-state index contributed by atoms with van der Waals surface area (Å²) in [4.78, 5) is 27.8. The molecule has 1 atom stereocenters. The van der Waals surface area contributed by atoms with Gasteiger partial charge in [0.25, 0.3) is 0 Å². The summed E-state index contributed by atoms with van der Waals surface area (Å²) >= 11 is 0. The van der Waals surface area contributed by atoms with E-state index in [1.165, 1.54) is 11.8 Å². The van der Waals surface area contributed by atoms with Crippen LogP contribution in [-0.4, -0.2) is 40.5 Å². The van der Waals surface area contributed by atoms with Crippen LogP contribution in [0.2, 0.25) is 0 Å². The Bertz CT molecular complexity index is 735. The lowest BCUT2D eigenvalue weighted by Crippen LogP contribution is -2.42. The molecule has 1 aliphatic rings. The molecule has 1 aromatic heterocycles. The van der Waals surface area contributed by atoms with Crippen LogP contribution in [0.5, 0.6) is 5.75 Å². The van der Waals surface area contributed by atoms with Crippen molar-refractivity contribution in [2.24, 2.45) is 0 Å². The van der Waals surface area contributed by atoms with Crippen LogP contribution in [0.25, 0.3) is 10.9 Å². The average Bonchev–Trinajstić information content (AvgIpc) is 2.84. The van der Waals surface area contributed by atoms with Crippen molar-refractivity contribution in [1.29, 1.82) is 0 Å². The molecule has 2 heterocycles. The summed E-state index contributed by atoms with van der Waals surface area (Å²) in [5.41, 5.74) is 2.30. The number of carbonyl (C=O) groups excluding carboxylic acids is 1. The third-order valence-electron chi connectivity index (χ3n) is 3.98. The minimum absolute atomic E-state index is 0.237. The highest BCUT2D eigenvalue weighted by atomic mass is 16.5. The Kier molecular flexibility index (Phi) is 3.08. The van der Waals surface area contributed by atoms with Crippen molar-refractivity contribution in [3.05, 3.63) is 29.5 Å². The molecule has 0 saturated carbocycles. The molecule has 1 aromatic carbocycles. The Morgan fingerprint density at radius 2 is 2.19 bits per heavy atom. The molecule has 6 nitrogen and oxygen atoms in total. The maximum absolute atomic E-state index is 11.7. The second kappa shape index (κ2) is 4.80. The monoisotopic (exact) mass is 288 g/mol. The van der Waals surface area contributed by atoms with Gasteiger partial charge in [0.2, 0.25) is 5.91 Å². The summed E-state index contributed by atoms with van der Waals surface area (Å²) in [6.45, 7) is 1.80. The summed E-state index contributed by atoms with van der Waals surface area (Å²) in [5, 5.41) is 10.5. The number of carboxylic acids is 1. The van der Waals surface area contributed by atoms with Crippen LogP contribution in [-0.2, 0) is 16.0 Å². The highest BCUT2D eigenvalue weighted by molar-refractivity contribution is 5.93. The minimum Gasteiger partial charge on any atom is -0.495 e. The van der Waals surface area contributed by atoms with Crippen LogP contribution in [0.15, 0.2) is 18.2 Å². The molecule has 0 saturated heterocycles. The summed E-state index contributed by atoms with van der Waals surface area (Å²) in [7, 11) is 1.57. The van der Waals surface area contributed by atoms with Crippen molar-refractivity contribution in [2.75, 3.05) is 13.7 Å². The Morgan fingerprint density at radius 3 is 2.81 bits per heavy atom. The SMILES string of the molecule is COc1cccc2c3c([nH]c12)C(C(=O)O)N(C(C)=O)CC3. The zero-order chi connectivity index (χ0) is 15.1. The van der Waals surface area contributed by atoms with Gasteiger partial charge in [0, 0.05) is 18.9 Å². The number of para-hydroxylation sites is 1. The Hall–Kier alpha value is -2.50. The van der Waals surface area contributed by atoms with Crippen molar-refractivity contribution in [3.8, 4) is 5.75 Å². The third-order valence-corrected chi connectivity index (χ3v) is 3.98. The normalized spacial score (nSPS) is 17.6. The first-order valence-electron chi connectivity index (χ1n) is 6.72. The topological polar surface area (TPSA) is 82.6 Å². The maximum Gasteiger partial charge on any atom is 0.332 e. The number of nitrogens with one attached hydrogen (secondary N) is 1. The fourth-order valence-corrected chi connectivity index (χ4v) is 3.05. The molecule has 0 fully saturated rings. The van der Waals surface area contributed by atoms with E-state index < -0.39 is 12.0 Å². The molecule has 0 spiro atoms. The van der Waals surface area contributed by atoms with Gasteiger partial charge in [-0.1, -0.05) is 12.1 Å². The number of ether oxygens (including phenoxy) is 1. The van der Waals surface area contributed by atoms with E-state index >= 15 is 0 Å². The molecule has 1 unspecified atom stereocenters. The molecule has 6 heteroatoms. The predicted octanol–water partition coefficient (Wildman–Crippen LogP) is 1.71. The number of aromatic nitrogens is 1. The summed E-state index contributed by atoms with van der Waals surface area (Å²) in [6, 6.07) is 4.67. The number of carbonyl (C=O) groups is 2. The van der Waals surface area contributed by atoms with E-state index in [9.17, 15) is 14.7 Å². The van der Waals surface area contributed by atoms with Gasteiger partial charge in [0.05, 0.1) is 18.3 Å². The smallest absolute Gasteiger partial charge is 0.332 e. The number of aromatic amines is 1. The lowest BCUT2D eigenvalue weighted by atomic mass is 9.97. The zero-order valence-corrected chi connectivity index (χ0v) is 11.8. The Balaban J connectivity index is 2.24. The van der Waals surface area contributed by atoms with Crippen LogP contribution in [0.1, 0.15) is 24.2 Å². The van der Waals surface area contributed by atoms with E-state index in [1.807, 2.05) is 18.2 Å². The first-order valence-corrected chi connectivity index (χ1v) is 6.72. The fourth-order valence-electron chi connectivity index (χ4n) is 3.05. The largest absolute Gasteiger partial charge is 0.495 e. The summed E-state index contributed by atoms with van der Waals surface area (Å²) in [5.74, 6) is -0.601. The van der Waals surface area contributed by atoms with Gasteiger partial charge in [-0.2, -0.15) is 0 Å². The number of carboxylic acid groups (broad SMARTS) is 1. The van der Waals surface area contributed by atoms with Gasteiger partial charge in [-0.25, -0.2) is 4.79 Å². The molecule has 3 rings (SSSR count). The molecule has 110 valence electrons. The van der Waals surface area contributed by atoms with Crippen LogP contribution in [0.3, 0.4) is 0 Å². The zero-order valence-electron chi connectivity index (χ0n) is 11.8. The van der Waals surface area contributed by atoms with E-state index in [0.29, 0.717) is 24.4 Å². The third kappa shape index (κ3) is 1.94. The average molecular weight is 288 g/mol. The number of methoxy groups -OCH3 is 1. The quantitative estimate of drug-likeness (QED) is 0.881. The van der Waals surface area contributed by atoms with Gasteiger partial charge in [-0.05, 0) is 18.1 Å². The van der Waals surface area contributed by atoms with Crippen molar-refractivity contribution in [1.82, 2.24) is 9.88 Å². The van der Waals surface area contributed by atoms with E-state index in [4.69, 9.17) is 4.74 Å².